The molecule has 0 N–H and O–H groups in total. The van der Waals surface area contributed by atoms with Crippen LogP contribution in [0.3, 0.4) is 0 Å². The molecular formula is C18H20ClN2O+. The van der Waals surface area contributed by atoms with E-state index in [-0.39, 0.29) is 6.03 Å². The van der Waals surface area contributed by atoms with Gasteiger partial charge < -0.3 is 0 Å². The highest BCUT2D eigenvalue weighted by Gasteiger charge is 2.20. The van der Waals surface area contributed by atoms with Gasteiger partial charge in [-0.05, 0) is 49.2 Å². The summed E-state index contributed by atoms with van der Waals surface area (Å²) in [7, 11) is 0. The number of carbonyl (C=O) groups is 1. The fraction of sp³-hybridized carbons (Fsp3) is 0.222. The lowest BCUT2D eigenvalue weighted by molar-refractivity contribution is -0.578. The lowest BCUT2D eigenvalue weighted by Gasteiger charge is -2.10. The number of rotatable bonds is 4. The van der Waals surface area contributed by atoms with Gasteiger partial charge in [-0.25, -0.2) is 4.90 Å². The Morgan fingerprint density at radius 3 is 2.00 bits per heavy atom. The Hall–Kier alpha value is -2.13. The lowest BCUT2D eigenvalue weighted by Crippen LogP contribution is -2.51. The van der Waals surface area contributed by atoms with Crippen LogP contribution in [0.25, 0.3) is 12.2 Å². The molecule has 0 saturated heterocycles. The third-order valence-corrected chi connectivity index (χ3v) is 3.70. The minimum Gasteiger partial charge on any atom is -0.226 e. The van der Waals surface area contributed by atoms with Gasteiger partial charge in [0, 0.05) is 5.02 Å². The molecule has 4 heteroatoms. The largest absolute Gasteiger partial charge is 0.497 e. The number of carbonyl (C=O) groups excluding carboxylic acids is 1. The summed E-state index contributed by atoms with van der Waals surface area (Å²) in [6.45, 7) is 5.37. The van der Waals surface area contributed by atoms with Crippen molar-refractivity contribution in [1.82, 2.24) is 4.90 Å². The van der Waals surface area contributed by atoms with Crippen LogP contribution in [-0.4, -0.2) is 24.0 Å². The van der Waals surface area contributed by atoms with Crippen LogP contribution in [0, 0.1) is 0 Å². The minimum absolute atomic E-state index is 0.00164. The second kappa shape index (κ2) is 7.76. The van der Waals surface area contributed by atoms with Crippen molar-refractivity contribution in [3.05, 3.63) is 64.9 Å². The van der Waals surface area contributed by atoms with Crippen LogP contribution in [0.15, 0.2) is 48.8 Å². The maximum atomic E-state index is 12.2. The number of hydrogen-bond acceptors (Lipinski definition) is 1. The van der Waals surface area contributed by atoms with Crippen LogP contribution < -0.4 is 4.57 Å². The van der Waals surface area contributed by atoms with E-state index in [1.165, 1.54) is 0 Å². The third-order valence-electron chi connectivity index (χ3n) is 3.45. The predicted molar refractivity (Wildman–Crippen MR) is 90.7 cm³/mol. The van der Waals surface area contributed by atoms with Crippen LogP contribution in [0.4, 0.5) is 4.79 Å². The van der Waals surface area contributed by atoms with Gasteiger partial charge in [0.2, 0.25) is 0 Å². The van der Waals surface area contributed by atoms with Gasteiger partial charge >= 0.3 is 6.03 Å². The molecule has 0 fully saturated rings. The van der Waals surface area contributed by atoms with E-state index in [0.717, 1.165) is 16.1 Å². The monoisotopic (exact) mass is 315 g/mol. The Morgan fingerprint density at radius 2 is 1.50 bits per heavy atom. The van der Waals surface area contributed by atoms with Crippen molar-refractivity contribution < 1.29 is 9.36 Å². The van der Waals surface area contributed by atoms with E-state index in [1.807, 2.05) is 62.4 Å². The highest BCUT2D eigenvalue weighted by Crippen LogP contribution is 2.12. The van der Waals surface area contributed by atoms with Crippen molar-refractivity contribution >= 4 is 29.8 Å². The molecular weight excluding hydrogens is 296 g/mol. The summed E-state index contributed by atoms with van der Waals surface area (Å²) in [6.07, 6.45) is 7.61. The van der Waals surface area contributed by atoms with Gasteiger partial charge in [0.05, 0.1) is 25.5 Å². The summed E-state index contributed by atoms with van der Waals surface area (Å²) >= 11 is 5.86. The first-order valence-electron chi connectivity index (χ1n) is 7.38. The summed E-state index contributed by atoms with van der Waals surface area (Å²) in [4.78, 5) is 14.0. The molecule has 0 radical (unpaired) electrons. The molecule has 0 aliphatic heterocycles. The minimum atomic E-state index is -0.00164. The molecule has 114 valence electrons. The quantitative estimate of drug-likeness (QED) is 0.779. The zero-order valence-electron chi connectivity index (χ0n) is 12.9. The number of hydrogen-bond donors (Lipinski definition) is 0. The standard InChI is InChI=1S/C18H20ClN2O/c1-3-20(4-2)18(22)21-13-11-16(12-14-21)6-5-15-7-9-17(19)10-8-15/h5-14H,3-4H2,1-2H3/q+1. The number of pyridine rings is 1. The molecule has 0 unspecified atom stereocenters. The maximum absolute atomic E-state index is 12.2. The smallest absolute Gasteiger partial charge is 0.226 e. The summed E-state index contributed by atoms with van der Waals surface area (Å²) in [5, 5.41) is 0.729. The predicted octanol–water partition coefficient (Wildman–Crippen LogP) is 4.11. The second-order valence-corrected chi connectivity index (χ2v) is 5.31. The summed E-state index contributed by atoms with van der Waals surface area (Å²) in [5.74, 6) is 0. The van der Waals surface area contributed by atoms with E-state index in [1.54, 1.807) is 21.9 Å². The lowest BCUT2D eigenvalue weighted by atomic mass is 10.1. The Labute approximate surface area is 136 Å². The zero-order chi connectivity index (χ0) is 15.9. The molecule has 0 aliphatic rings. The van der Waals surface area contributed by atoms with Gasteiger partial charge in [-0.1, -0.05) is 35.9 Å². The van der Waals surface area contributed by atoms with Crippen LogP contribution in [-0.2, 0) is 0 Å². The van der Waals surface area contributed by atoms with Crippen molar-refractivity contribution in [3.8, 4) is 0 Å². The summed E-state index contributed by atoms with van der Waals surface area (Å²) < 4.78 is 1.60. The number of nitrogens with zero attached hydrogens (tertiary/aromatic N) is 2. The van der Waals surface area contributed by atoms with Crippen LogP contribution in [0.2, 0.25) is 5.02 Å². The molecule has 3 nitrogen and oxygen atoms in total. The average molecular weight is 316 g/mol. The molecule has 0 atom stereocenters. The van der Waals surface area contributed by atoms with Crippen molar-refractivity contribution in [1.29, 1.82) is 0 Å². The third kappa shape index (κ3) is 4.18. The van der Waals surface area contributed by atoms with Gasteiger partial charge in [-0.3, -0.25) is 0 Å². The molecule has 1 aromatic carbocycles. The fourth-order valence-electron chi connectivity index (χ4n) is 2.10. The Morgan fingerprint density at radius 1 is 1.00 bits per heavy atom. The summed E-state index contributed by atoms with van der Waals surface area (Å²) in [5.41, 5.74) is 2.12. The Kier molecular flexibility index (Phi) is 5.73. The maximum Gasteiger partial charge on any atom is 0.497 e. The van der Waals surface area contributed by atoms with Crippen molar-refractivity contribution in [2.45, 2.75) is 13.8 Å². The highest BCUT2D eigenvalue weighted by molar-refractivity contribution is 6.30. The first kappa shape index (κ1) is 16.2. The van der Waals surface area contributed by atoms with Gasteiger partial charge in [0.25, 0.3) is 0 Å². The Bertz CT molecular complexity index is 644. The van der Waals surface area contributed by atoms with Crippen molar-refractivity contribution in [2.75, 3.05) is 13.1 Å². The van der Waals surface area contributed by atoms with Crippen molar-refractivity contribution in [3.63, 3.8) is 0 Å². The van der Waals surface area contributed by atoms with E-state index in [4.69, 9.17) is 11.6 Å². The van der Waals surface area contributed by atoms with Crippen molar-refractivity contribution in [2.24, 2.45) is 0 Å². The van der Waals surface area contributed by atoms with E-state index >= 15 is 0 Å². The van der Waals surface area contributed by atoms with Crippen LogP contribution in [0.1, 0.15) is 25.0 Å². The van der Waals surface area contributed by atoms with E-state index in [2.05, 4.69) is 0 Å². The van der Waals surface area contributed by atoms with Gasteiger partial charge in [0.1, 0.15) is 0 Å². The molecule has 0 saturated carbocycles. The first-order valence-corrected chi connectivity index (χ1v) is 7.76. The van der Waals surface area contributed by atoms with E-state index in [9.17, 15) is 4.79 Å². The number of aromatic nitrogens is 1. The molecule has 0 aliphatic carbocycles. The first-order chi connectivity index (χ1) is 10.6. The molecule has 22 heavy (non-hydrogen) atoms. The molecule has 1 amide bonds. The van der Waals surface area contributed by atoms with E-state index < -0.39 is 0 Å². The molecule has 2 aromatic rings. The fourth-order valence-corrected chi connectivity index (χ4v) is 2.23. The second-order valence-electron chi connectivity index (χ2n) is 4.88. The molecule has 1 aromatic heterocycles. The highest BCUT2D eigenvalue weighted by atomic mass is 35.5. The normalized spacial score (nSPS) is 10.9. The molecule has 0 spiro atoms. The number of benzene rings is 1. The number of amides is 1. The topological polar surface area (TPSA) is 24.2 Å². The molecule has 2 rings (SSSR count). The zero-order valence-corrected chi connectivity index (χ0v) is 13.6. The van der Waals surface area contributed by atoms with Crippen LogP contribution in [0.5, 0.6) is 0 Å². The summed E-state index contributed by atoms with van der Waals surface area (Å²) in [6, 6.07) is 11.5. The van der Waals surface area contributed by atoms with Crippen LogP contribution >= 0.6 is 11.6 Å². The van der Waals surface area contributed by atoms with E-state index in [0.29, 0.717) is 13.1 Å². The average Bonchev–Trinajstić information content (AvgIpc) is 2.56. The molecule has 0 bridgehead atoms. The molecule has 1 heterocycles. The SMILES string of the molecule is CCN(CC)C(=O)[n+]1ccc(C=Cc2ccc(Cl)cc2)cc1. The Balaban J connectivity index is 2.08. The van der Waals surface area contributed by atoms with Gasteiger partial charge in [0.15, 0.2) is 0 Å². The van der Waals surface area contributed by atoms with Gasteiger partial charge in [-0.2, -0.15) is 9.36 Å². The number of halogens is 1. The van der Waals surface area contributed by atoms with Gasteiger partial charge in [-0.15, -0.1) is 0 Å².